The zero-order valence-electron chi connectivity index (χ0n) is 12.8. The summed E-state index contributed by atoms with van der Waals surface area (Å²) in [5.74, 6) is 2.78. The van der Waals surface area contributed by atoms with E-state index in [1.807, 2.05) is 0 Å². The number of thiocarbonyl (C=S) groups is 1. The van der Waals surface area contributed by atoms with Crippen molar-refractivity contribution < 1.29 is 0 Å². The predicted octanol–water partition coefficient (Wildman–Crippen LogP) is 3.52. The SMILES string of the molecule is C[C@@H](NC(=S)NCCc1ccccc1)[C@H]1C[C@H]2CC[C@H]1C2. The molecule has 2 N–H and O–H groups in total. The molecule has 2 aliphatic carbocycles. The van der Waals surface area contributed by atoms with Gasteiger partial charge in [-0.15, -0.1) is 0 Å². The number of hydrogen-bond donors (Lipinski definition) is 2. The van der Waals surface area contributed by atoms with Gasteiger partial charge in [0.05, 0.1) is 0 Å². The first kappa shape index (κ1) is 14.8. The van der Waals surface area contributed by atoms with Gasteiger partial charge in [0.2, 0.25) is 0 Å². The Morgan fingerprint density at radius 3 is 2.71 bits per heavy atom. The van der Waals surface area contributed by atoms with Gasteiger partial charge in [-0.2, -0.15) is 0 Å². The van der Waals surface area contributed by atoms with E-state index in [0.717, 1.165) is 35.8 Å². The molecule has 0 unspecified atom stereocenters. The Labute approximate surface area is 133 Å². The first-order chi connectivity index (χ1) is 10.2. The van der Waals surface area contributed by atoms with Gasteiger partial charge in [-0.25, -0.2) is 0 Å². The fraction of sp³-hybridized carbons (Fsp3) is 0.611. The molecule has 2 saturated carbocycles. The van der Waals surface area contributed by atoms with Gasteiger partial charge in [-0.05, 0) is 68.1 Å². The summed E-state index contributed by atoms with van der Waals surface area (Å²) < 4.78 is 0. The lowest BCUT2D eigenvalue weighted by molar-refractivity contribution is 0.278. The largest absolute Gasteiger partial charge is 0.362 e. The van der Waals surface area contributed by atoms with E-state index < -0.39 is 0 Å². The van der Waals surface area contributed by atoms with Crippen molar-refractivity contribution in [3.63, 3.8) is 0 Å². The average molecular weight is 302 g/mol. The van der Waals surface area contributed by atoms with Crippen LogP contribution in [-0.2, 0) is 6.42 Å². The Kier molecular flexibility index (Phi) is 4.79. The quantitative estimate of drug-likeness (QED) is 0.814. The molecule has 114 valence electrons. The minimum atomic E-state index is 0.511. The van der Waals surface area contributed by atoms with E-state index in [0.29, 0.717) is 6.04 Å². The first-order valence-corrected chi connectivity index (χ1v) is 8.71. The maximum atomic E-state index is 5.44. The number of benzene rings is 1. The summed E-state index contributed by atoms with van der Waals surface area (Å²) >= 11 is 5.44. The molecule has 0 saturated heterocycles. The molecule has 2 nitrogen and oxygen atoms in total. The maximum absolute atomic E-state index is 5.44. The van der Waals surface area contributed by atoms with E-state index in [-0.39, 0.29) is 0 Å². The van der Waals surface area contributed by atoms with Crippen LogP contribution in [0.4, 0.5) is 0 Å². The number of rotatable bonds is 5. The Morgan fingerprint density at radius 2 is 2.05 bits per heavy atom. The fourth-order valence-corrected chi connectivity index (χ4v) is 4.52. The van der Waals surface area contributed by atoms with E-state index in [9.17, 15) is 0 Å². The van der Waals surface area contributed by atoms with Crippen LogP contribution in [0.2, 0.25) is 0 Å². The highest BCUT2D eigenvalue weighted by Gasteiger charge is 2.41. The summed E-state index contributed by atoms with van der Waals surface area (Å²) in [7, 11) is 0. The standard InChI is InChI=1S/C18H26N2S/c1-13(17-12-15-7-8-16(17)11-15)20-18(21)19-10-9-14-5-3-2-4-6-14/h2-6,13,15-17H,7-12H2,1H3,(H2,19,20,21)/t13-,15+,16+,17-/m1/s1. The highest BCUT2D eigenvalue weighted by Crippen LogP contribution is 2.49. The molecule has 1 aromatic carbocycles. The second kappa shape index (κ2) is 6.78. The molecule has 21 heavy (non-hydrogen) atoms. The van der Waals surface area contributed by atoms with Gasteiger partial charge in [-0.3, -0.25) is 0 Å². The average Bonchev–Trinajstić information content (AvgIpc) is 3.11. The molecular weight excluding hydrogens is 276 g/mol. The number of nitrogens with one attached hydrogen (secondary N) is 2. The predicted molar refractivity (Wildman–Crippen MR) is 92.3 cm³/mol. The van der Waals surface area contributed by atoms with Crippen molar-refractivity contribution in [1.29, 1.82) is 0 Å². The summed E-state index contributed by atoms with van der Waals surface area (Å²) in [4.78, 5) is 0. The van der Waals surface area contributed by atoms with E-state index in [4.69, 9.17) is 12.2 Å². The lowest BCUT2D eigenvalue weighted by atomic mass is 9.84. The minimum Gasteiger partial charge on any atom is -0.362 e. The molecule has 0 amide bonds. The monoisotopic (exact) mass is 302 g/mol. The Balaban J connectivity index is 1.38. The molecule has 2 aliphatic rings. The van der Waals surface area contributed by atoms with E-state index in [2.05, 4.69) is 47.9 Å². The molecule has 2 fully saturated rings. The van der Waals surface area contributed by atoms with Crippen LogP contribution >= 0.6 is 12.2 Å². The summed E-state index contributed by atoms with van der Waals surface area (Å²) in [5, 5.41) is 7.68. The highest BCUT2D eigenvalue weighted by atomic mass is 32.1. The van der Waals surface area contributed by atoms with Gasteiger partial charge in [0, 0.05) is 12.6 Å². The molecule has 0 aliphatic heterocycles. The Morgan fingerprint density at radius 1 is 1.24 bits per heavy atom. The zero-order chi connectivity index (χ0) is 14.7. The van der Waals surface area contributed by atoms with Gasteiger partial charge >= 0.3 is 0 Å². The fourth-order valence-electron chi connectivity index (χ4n) is 4.24. The van der Waals surface area contributed by atoms with Crippen LogP contribution in [0.3, 0.4) is 0 Å². The van der Waals surface area contributed by atoms with Gasteiger partial charge < -0.3 is 10.6 Å². The first-order valence-electron chi connectivity index (χ1n) is 8.30. The molecule has 4 atom stereocenters. The molecule has 1 aromatic rings. The van der Waals surface area contributed by atoms with Crippen LogP contribution in [0.1, 0.15) is 38.2 Å². The van der Waals surface area contributed by atoms with Crippen molar-refractivity contribution in [1.82, 2.24) is 10.6 Å². The molecule has 3 rings (SSSR count). The normalized spacial score (nSPS) is 28.3. The van der Waals surface area contributed by atoms with Crippen LogP contribution in [0, 0.1) is 17.8 Å². The van der Waals surface area contributed by atoms with E-state index in [1.165, 1.54) is 31.2 Å². The number of hydrogen-bond acceptors (Lipinski definition) is 1. The zero-order valence-corrected chi connectivity index (χ0v) is 13.7. The van der Waals surface area contributed by atoms with Crippen LogP contribution < -0.4 is 10.6 Å². The van der Waals surface area contributed by atoms with Crippen molar-refractivity contribution in [2.45, 2.75) is 45.1 Å². The summed E-state index contributed by atoms with van der Waals surface area (Å²) in [6, 6.07) is 11.1. The minimum absolute atomic E-state index is 0.511. The molecule has 0 heterocycles. The van der Waals surface area contributed by atoms with Crippen molar-refractivity contribution in [3.05, 3.63) is 35.9 Å². The highest BCUT2D eigenvalue weighted by molar-refractivity contribution is 7.80. The molecule has 3 heteroatoms. The summed E-state index contributed by atoms with van der Waals surface area (Å²) in [6.45, 7) is 3.20. The molecular formula is C18H26N2S. The third kappa shape index (κ3) is 3.76. The van der Waals surface area contributed by atoms with Gasteiger partial charge in [0.25, 0.3) is 0 Å². The topological polar surface area (TPSA) is 24.1 Å². The lowest BCUT2D eigenvalue weighted by Gasteiger charge is -2.29. The molecule has 2 bridgehead atoms. The van der Waals surface area contributed by atoms with Crippen molar-refractivity contribution in [2.24, 2.45) is 17.8 Å². The van der Waals surface area contributed by atoms with Crippen LogP contribution in [0.5, 0.6) is 0 Å². The van der Waals surface area contributed by atoms with E-state index in [1.54, 1.807) is 0 Å². The maximum Gasteiger partial charge on any atom is 0.166 e. The Bertz CT molecular complexity index is 473. The lowest BCUT2D eigenvalue weighted by Crippen LogP contribution is -2.45. The molecule has 0 spiro atoms. The van der Waals surface area contributed by atoms with Gasteiger partial charge in [0.15, 0.2) is 5.11 Å². The third-order valence-electron chi connectivity index (χ3n) is 5.34. The van der Waals surface area contributed by atoms with Crippen LogP contribution in [0.25, 0.3) is 0 Å². The van der Waals surface area contributed by atoms with Crippen LogP contribution in [0.15, 0.2) is 30.3 Å². The van der Waals surface area contributed by atoms with Gasteiger partial charge in [0.1, 0.15) is 0 Å². The van der Waals surface area contributed by atoms with Crippen molar-refractivity contribution in [2.75, 3.05) is 6.54 Å². The summed E-state index contributed by atoms with van der Waals surface area (Å²) in [6.07, 6.45) is 6.80. The third-order valence-corrected chi connectivity index (χ3v) is 5.60. The second-order valence-corrected chi connectivity index (χ2v) is 7.17. The van der Waals surface area contributed by atoms with Crippen molar-refractivity contribution >= 4 is 17.3 Å². The van der Waals surface area contributed by atoms with E-state index >= 15 is 0 Å². The molecule has 0 radical (unpaired) electrons. The van der Waals surface area contributed by atoms with Gasteiger partial charge in [-0.1, -0.05) is 36.8 Å². The summed E-state index contributed by atoms with van der Waals surface area (Å²) in [5.41, 5.74) is 1.36. The smallest absolute Gasteiger partial charge is 0.166 e. The second-order valence-electron chi connectivity index (χ2n) is 6.76. The molecule has 0 aromatic heterocycles. The van der Waals surface area contributed by atoms with Crippen molar-refractivity contribution in [3.8, 4) is 0 Å². The Hall–Kier alpha value is -1.09. The van der Waals surface area contributed by atoms with Crippen LogP contribution in [-0.4, -0.2) is 17.7 Å². The number of fused-ring (bicyclic) bond motifs is 2.